The lowest BCUT2D eigenvalue weighted by Gasteiger charge is -2.29. The maximum atomic E-state index is 12.1. The zero-order valence-electron chi connectivity index (χ0n) is 11.6. The van der Waals surface area contributed by atoms with Crippen molar-refractivity contribution >= 4 is 17.3 Å². The second-order valence-electron chi connectivity index (χ2n) is 5.31. The van der Waals surface area contributed by atoms with Gasteiger partial charge in [0.2, 0.25) is 5.91 Å². The number of anilines is 2. The van der Waals surface area contributed by atoms with Gasteiger partial charge >= 0.3 is 0 Å². The van der Waals surface area contributed by atoms with Gasteiger partial charge in [0.15, 0.2) is 0 Å². The van der Waals surface area contributed by atoms with Crippen LogP contribution in [0.1, 0.15) is 13.8 Å². The van der Waals surface area contributed by atoms with Crippen molar-refractivity contribution in [3.8, 4) is 0 Å². The number of ether oxygens (including phenoxy) is 1. The highest BCUT2D eigenvalue weighted by atomic mass is 16.5. The van der Waals surface area contributed by atoms with Crippen LogP contribution >= 0.6 is 0 Å². The number of nitrogens with one attached hydrogen (secondary N) is 3. The van der Waals surface area contributed by atoms with Crippen molar-refractivity contribution in [1.29, 1.82) is 0 Å². The van der Waals surface area contributed by atoms with Crippen molar-refractivity contribution in [2.24, 2.45) is 0 Å². The second kappa shape index (κ2) is 5.48. The van der Waals surface area contributed by atoms with E-state index in [0.717, 1.165) is 11.4 Å². The topological polar surface area (TPSA) is 62.4 Å². The van der Waals surface area contributed by atoms with Crippen LogP contribution in [0.5, 0.6) is 0 Å². The molecule has 1 heterocycles. The molecule has 5 heteroatoms. The second-order valence-corrected chi connectivity index (χ2v) is 5.31. The van der Waals surface area contributed by atoms with Gasteiger partial charge in [-0.1, -0.05) is 12.1 Å². The molecule has 1 aromatic carbocycles. The van der Waals surface area contributed by atoms with Crippen LogP contribution in [0.3, 0.4) is 0 Å². The van der Waals surface area contributed by atoms with Crippen LogP contribution in [0, 0.1) is 0 Å². The average molecular weight is 263 g/mol. The van der Waals surface area contributed by atoms with Gasteiger partial charge in [-0.15, -0.1) is 0 Å². The van der Waals surface area contributed by atoms with Crippen molar-refractivity contribution in [3.63, 3.8) is 0 Å². The Morgan fingerprint density at radius 3 is 2.79 bits per heavy atom. The van der Waals surface area contributed by atoms with E-state index in [1.54, 1.807) is 7.11 Å². The maximum Gasteiger partial charge on any atom is 0.244 e. The number of hydrogen-bond donors (Lipinski definition) is 3. The third-order valence-electron chi connectivity index (χ3n) is 3.31. The fourth-order valence-corrected chi connectivity index (χ4v) is 1.87. The summed E-state index contributed by atoms with van der Waals surface area (Å²) in [5, 5.41) is 9.39. The molecule has 19 heavy (non-hydrogen) atoms. The first-order chi connectivity index (χ1) is 9.02. The van der Waals surface area contributed by atoms with Gasteiger partial charge in [-0.25, -0.2) is 0 Å². The van der Waals surface area contributed by atoms with Gasteiger partial charge < -0.3 is 20.7 Å². The van der Waals surface area contributed by atoms with Crippen molar-refractivity contribution in [2.75, 3.05) is 30.8 Å². The highest BCUT2D eigenvalue weighted by Crippen LogP contribution is 2.25. The summed E-state index contributed by atoms with van der Waals surface area (Å²) in [6, 6.07) is 7.60. The summed E-state index contributed by atoms with van der Waals surface area (Å²) in [4.78, 5) is 12.1. The number of rotatable bonds is 4. The van der Waals surface area contributed by atoms with Gasteiger partial charge in [-0.3, -0.25) is 4.79 Å². The molecule has 0 radical (unpaired) electrons. The van der Waals surface area contributed by atoms with Gasteiger partial charge in [0.05, 0.1) is 17.0 Å². The van der Waals surface area contributed by atoms with Crippen LogP contribution in [0.25, 0.3) is 0 Å². The number of carbonyl (C=O) groups excluding carboxylic acids is 1. The number of amides is 1. The number of carbonyl (C=O) groups is 1. The molecule has 0 fully saturated rings. The average Bonchev–Trinajstić information content (AvgIpc) is 2.44. The van der Waals surface area contributed by atoms with E-state index in [1.807, 2.05) is 38.1 Å². The van der Waals surface area contributed by atoms with E-state index in [2.05, 4.69) is 16.0 Å². The van der Waals surface area contributed by atoms with Crippen LogP contribution < -0.4 is 16.0 Å². The molecule has 104 valence electrons. The summed E-state index contributed by atoms with van der Waals surface area (Å²) >= 11 is 0. The van der Waals surface area contributed by atoms with Crippen LogP contribution in [0.4, 0.5) is 11.4 Å². The number of fused-ring (bicyclic) bond motifs is 1. The minimum absolute atomic E-state index is 0.0212. The monoisotopic (exact) mass is 263 g/mol. The van der Waals surface area contributed by atoms with Crippen molar-refractivity contribution in [2.45, 2.75) is 25.5 Å². The number of methoxy groups -OCH3 is 1. The van der Waals surface area contributed by atoms with E-state index in [4.69, 9.17) is 4.74 Å². The SMILES string of the molecule is COC(C)(C)CNC(=O)C1CNc2ccccc2N1. The largest absolute Gasteiger partial charge is 0.381 e. The quantitative estimate of drug-likeness (QED) is 0.769. The van der Waals surface area contributed by atoms with E-state index in [1.165, 1.54) is 0 Å². The first kappa shape index (κ1) is 13.7. The Bertz CT molecular complexity index is 460. The van der Waals surface area contributed by atoms with Crippen molar-refractivity contribution in [1.82, 2.24) is 5.32 Å². The number of benzene rings is 1. The normalized spacial score (nSPS) is 17.9. The highest BCUT2D eigenvalue weighted by Gasteiger charge is 2.25. The molecule has 1 atom stereocenters. The summed E-state index contributed by atoms with van der Waals surface area (Å²) in [5.41, 5.74) is 1.64. The van der Waals surface area contributed by atoms with Crippen molar-refractivity contribution in [3.05, 3.63) is 24.3 Å². The van der Waals surface area contributed by atoms with E-state index < -0.39 is 0 Å². The zero-order valence-corrected chi connectivity index (χ0v) is 11.6. The lowest BCUT2D eigenvalue weighted by molar-refractivity contribution is -0.122. The predicted octanol–water partition coefficient (Wildman–Crippen LogP) is 1.43. The molecular formula is C14H21N3O2. The smallest absolute Gasteiger partial charge is 0.244 e. The maximum absolute atomic E-state index is 12.1. The van der Waals surface area contributed by atoms with E-state index >= 15 is 0 Å². The van der Waals surface area contributed by atoms with E-state index in [0.29, 0.717) is 13.1 Å². The highest BCUT2D eigenvalue weighted by molar-refractivity contribution is 5.88. The molecule has 2 rings (SSSR count). The van der Waals surface area contributed by atoms with Crippen molar-refractivity contribution < 1.29 is 9.53 Å². The molecule has 1 amide bonds. The van der Waals surface area contributed by atoms with E-state index in [-0.39, 0.29) is 17.6 Å². The molecule has 1 aromatic rings. The lowest BCUT2D eigenvalue weighted by Crippen LogP contribution is -2.49. The van der Waals surface area contributed by atoms with Gasteiger partial charge in [-0.05, 0) is 26.0 Å². The Hall–Kier alpha value is -1.75. The van der Waals surface area contributed by atoms with Gasteiger partial charge in [0, 0.05) is 20.2 Å². The molecule has 0 aromatic heterocycles. The Morgan fingerprint density at radius 2 is 2.11 bits per heavy atom. The lowest BCUT2D eigenvalue weighted by atomic mass is 10.1. The molecule has 3 N–H and O–H groups in total. The summed E-state index contributed by atoms with van der Waals surface area (Å²) in [6.07, 6.45) is 0. The predicted molar refractivity (Wildman–Crippen MR) is 76.4 cm³/mol. The van der Waals surface area contributed by atoms with E-state index in [9.17, 15) is 4.79 Å². The first-order valence-electron chi connectivity index (χ1n) is 6.44. The minimum atomic E-state index is -0.352. The third kappa shape index (κ3) is 3.38. The standard InChI is InChI=1S/C14H21N3O2/c1-14(2,19-3)9-16-13(18)12-8-15-10-6-4-5-7-11(10)17-12/h4-7,12,15,17H,8-9H2,1-3H3,(H,16,18). The molecule has 0 bridgehead atoms. The summed E-state index contributed by atoms with van der Waals surface area (Å²) in [5.74, 6) is -0.0212. The fraction of sp³-hybridized carbons (Fsp3) is 0.500. The Labute approximate surface area is 113 Å². The zero-order chi connectivity index (χ0) is 13.9. The molecule has 0 saturated carbocycles. The molecule has 1 aliphatic rings. The van der Waals surface area contributed by atoms with Crippen LogP contribution in [-0.2, 0) is 9.53 Å². The Kier molecular flexibility index (Phi) is 3.95. The molecule has 5 nitrogen and oxygen atoms in total. The number of hydrogen-bond acceptors (Lipinski definition) is 4. The third-order valence-corrected chi connectivity index (χ3v) is 3.31. The molecule has 1 unspecified atom stereocenters. The summed E-state index contributed by atoms with van der Waals surface area (Å²) in [6.45, 7) is 4.95. The van der Waals surface area contributed by atoms with Gasteiger partial charge in [0.1, 0.15) is 6.04 Å². The van der Waals surface area contributed by atoms with Crippen LogP contribution in [0.15, 0.2) is 24.3 Å². The van der Waals surface area contributed by atoms with Crippen LogP contribution in [-0.4, -0.2) is 37.7 Å². The fourth-order valence-electron chi connectivity index (χ4n) is 1.87. The molecule has 0 saturated heterocycles. The molecule has 0 aliphatic carbocycles. The summed E-state index contributed by atoms with van der Waals surface area (Å²) < 4.78 is 5.28. The van der Waals surface area contributed by atoms with Gasteiger partial charge in [0.25, 0.3) is 0 Å². The Morgan fingerprint density at radius 1 is 1.42 bits per heavy atom. The minimum Gasteiger partial charge on any atom is -0.381 e. The number of para-hydroxylation sites is 2. The molecule has 1 aliphatic heterocycles. The first-order valence-corrected chi connectivity index (χ1v) is 6.44. The van der Waals surface area contributed by atoms with Crippen LogP contribution in [0.2, 0.25) is 0 Å². The summed E-state index contributed by atoms with van der Waals surface area (Å²) in [7, 11) is 1.64. The Balaban J connectivity index is 1.92. The molecule has 0 spiro atoms. The van der Waals surface area contributed by atoms with Gasteiger partial charge in [-0.2, -0.15) is 0 Å². The molecular weight excluding hydrogens is 242 g/mol.